The van der Waals surface area contributed by atoms with Gasteiger partial charge in [-0.25, -0.2) is 4.79 Å². The Kier molecular flexibility index (Phi) is 68.4. The van der Waals surface area contributed by atoms with Crippen LogP contribution in [0.5, 0.6) is 0 Å². The first kappa shape index (κ1) is 59.5. The molecule has 15 heteroatoms. The van der Waals surface area contributed by atoms with Gasteiger partial charge in [-0.2, -0.15) is 0 Å². The third-order valence-corrected chi connectivity index (χ3v) is 1.29. The van der Waals surface area contributed by atoms with Crippen LogP contribution in [-0.2, 0) is 14.4 Å². The summed E-state index contributed by atoms with van der Waals surface area (Å²) in [6.07, 6.45) is -2.29. The number of carbonyl (C=O) groups is 3. The van der Waals surface area contributed by atoms with Crippen LogP contribution in [-0.4, -0.2) is 112 Å². The molecule has 18 N–H and O–H groups in total. The Labute approximate surface area is 139 Å². The van der Waals surface area contributed by atoms with Gasteiger partial charge in [-0.05, 0) is 0 Å². The molecule has 0 atom stereocenters. The maximum absolute atomic E-state index is 10.3. The van der Waals surface area contributed by atoms with E-state index in [1.54, 1.807) is 0 Å². The zero-order chi connectivity index (χ0) is 10.6. The van der Waals surface area contributed by atoms with Gasteiger partial charge in [0.25, 0.3) is 0 Å². The van der Waals surface area contributed by atoms with Crippen molar-refractivity contribution in [2.75, 3.05) is 0 Å². The van der Waals surface area contributed by atoms with Crippen LogP contribution in [0.4, 0.5) is 0 Å². The maximum atomic E-state index is 10.3. The third kappa shape index (κ3) is 24.5. The van der Waals surface area contributed by atoms with Gasteiger partial charge >= 0.3 is 47.5 Å². The summed E-state index contributed by atoms with van der Waals surface area (Å²) in [5.74, 6) is -5.02. The standard InChI is InChI=1S/C6H8O7.Na.7H2O.H/c7-3(8)1-6(13,5(11)12)2-4(9)10;;;;;;;;;/h13H,1-2H2,(H,7,8)(H,9,10)(H,11,12);;7*1H2;. The van der Waals surface area contributed by atoms with Crippen LogP contribution in [0.3, 0.4) is 0 Å². The zero-order valence-corrected chi connectivity index (χ0v) is 9.93. The average molecular weight is 342 g/mol. The van der Waals surface area contributed by atoms with E-state index in [0.717, 1.165) is 0 Å². The van der Waals surface area contributed by atoms with E-state index in [1.807, 2.05) is 0 Å². The molecule has 0 radical (unpaired) electrons. The van der Waals surface area contributed by atoms with Crippen LogP contribution in [0.1, 0.15) is 12.8 Å². The summed E-state index contributed by atoms with van der Waals surface area (Å²) in [5.41, 5.74) is -2.74. The molecule has 0 aromatic heterocycles. The second-order valence-electron chi connectivity index (χ2n) is 2.48. The fourth-order valence-corrected chi connectivity index (χ4v) is 0.714. The van der Waals surface area contributed by atoms with Gasteiger partial charge in [0.1, 0.15) is 0 Å². The Morgan fingerprint density at radius 1 is 0.667 bits per heavy atom. The molecule has 0 aliphatic rings. The van der Waals surface area contributed by atoms with E-state index in [-0.39, 0.29) is 67.9 Å². The monoisotopic (exact) mass is 342 g/mol. The minimum atomic E-state index is -2.74. The summed E-state index contributed by atoms with van der Waals surface area (Å²) < 4.78 is 0. The fourth-order valence-electron chi connectivity index (χ4n) is 0.714. The van der Waals surface area contributed by atoms with E-state index in [2.05, 4.69) is 0 Å². The molecule has 0 rings (SSSR count). The predicted octanol–water partition coefficient (Wildman–Crippen LogP) is -7.67. The van der Waals surface area contributed by atoms with Crippen LogP contribution in [0, 0.1) is 0 Å². The fraction of sp³-hybridized carbons (Fsp3) is 0.500. The van der Waals surface area contributed by atoms with Gasteiger partial charge in [-0.15, -0.1) is 0 Å². The van der Waals surface area contributed by atoms with Gasteiger partial charge in [-0.3, -0.25) is 9.59 Å². The molecule has 0 aliphatic heterocycles. The van der Waals surface area contributed by atoms with E-state index < -0.39 is 36.4 Å². The molecule has 21 heavy (non-hydrogen) atoms. The number of aliphatic carboxylic acids is 3. The van der Waals surface area contributed by atoms with Gasteiger partial charge in [-0.1, -0.05) is 0 Å². The van der Waals surface area contributed by atoms with Gasteiger partial charge < -0.3 is 58.8 Å². The van der Waals surface area contributed by atoms with Gasteiger partial charge in [0, 0.05) is 0 Å². The van der Waals surface area contributed by atoms with Crippen molar-refractivity contribution in [3.63, 3.8) is 0 Å². The first-order chi connectivity index (χ1) is 5.78. The minimum absolute atomic E-state index is 0. The molecule has 0 aliphatic carbocycles. The Morgan fingerprint density at radius 3 is 0.952 bits per heavy atom. The van der Waals surface area contributed by atoms with E-state index in [0.29, 0.717) is 0 Å². The molecular weight excluding hydrogens is 319 g/mol. The van der Waals surface area contributed by atoms with Crippen molar-refractivity contribution in [2.45, 2.75) is 18.4 Å². The molecule has 132 valence electrons. The molecule has 0 spiro atoms. The zero-order valence-electron chi connectivity index (χ0n) is 9.93. The summed E-state index contributed by atoms with van der Waals surface area (Å²) >= 11 is 0. The number of aliphatic hydroxyl groups is 1. The Morgan fingerprint density at radius 2 is 0.857 bits per heavy atom. The third-order valence-electron chi connectivity index (χ3n) is 1.29. The van der Waals surface area contributed by atoms with E-state index in [4.69, 9.17) is 20.4 Å². The predicted molar refractivity (Wildman–Crippen MR) is 69.5 cm³/mol. The first-order valence-corrected chi connectivity index (χ1v) is 3.17. The van der Waals surface area contributed by atoms with Crippen molar-refractivity contribution >= 4 is 47.5 Å². The molecule has 0 aromatic rings. The molecule has 0 saturated heterocycles. The van der Waals surface area contributed by atoms with Crippen LogP contribution in [0.25, 0.3) is 0 Å². The number of rotatable bonds is 5. The second kappa shape index (κ2) is 24.1. The van der Waals surface area contributed by atoms with E-state index in [1.165, 1.54) is 0 Å². The molecule has 14 nitrogen and oxygen atoms in total. The molecule has 0 unspecified atom stereocenters. The number of hydrogen-bond donors (Lipinski definition) is 4. The normalized spacial score (nSPS) is 6.71. The topological polar surface area (TPSA) is 353 Å². The van der Waals surface area contributed by atoms with Crippen LogP contribution in [0.15, 0.2) is 0 Å². The quantitative estimate of drug-likeness (QED) is 0.349. The van der Waals surface area contributed by atoms with Crippen molar-refractivity contribution in [2.24, 2.45) is 0 Å². The summed E-state index contributed by atoms with van der Waals surface area (Å²) in [5, 5.41) is 33.8. The summed E-state index contributed by atoms with van der Waals surface area (Å²) in [6, 6.07) is 0. The second-order valence-corrected chi connectivity index (χ2v) is 2.48. The molecule has 0 fully saturated rings. The Hall–Kier alpha value is -0.910. The van der Waals surface area contributed by atoms with Crippen LogP contribution < -0.4 is 0 Å². The molecule has 0 aromatic carbocycles. The number of carboxylic acid groups (broad SMARTS) is 3. The van der Waals surface area contributed by atoms with E-state index in [9.17, 15) is 14.4 Å². The van der Waals surface area contributed by atoms with E-state index >= 15 is 0 Å². The van der Waals surface area contributed by atoms with Gasteiger partial charge in [0.05, 0.1) is 12.8 Å². The molecule has 0 bridgehead atoms. The number of carboxylic acids is 3. The first-order valence-electron chi connectivity index (χ1n) is 3.17. The van der Waals surface area contributed by atoms with Crippen molar-refractivity contribution in [3.05, 3.63) is 0 Å². The van der Waals surface area contributed by atoms with Crippen LogP contribution >= 0.6 is 0 Å². The Balaban J connectivity index is -0.0000000257. The average Bonchev–Trinajstić information content (AvgIpc) is 1.82. The van der Waals surface area contributed by atoms with Crippen molar-refractivity contribution in [1.82, 2.24) is 0 Å². The summed E-state index contributed by atoms with van der Waals surface area (Å²) in [4.78, 5) is 30.5. The summed E-state index contributed by atoms with van der Waals surface area (Å²) in [6.45, 7) is 0. The molecule has 0 amide bonds. The van der Waals surface area contributed by atoms with Crippen LogP contribution in [0.2, 0.25) is 0 Å². The Bertz CT molecular complexity index is 238. The van der Waals surface area contributed by atoms with Gasteiger partial charge in [0.15, 0.2) is 5.60 Å². The molecule has 0 saturated carbocycles. The van der Waals surface area contributed by atoms with Crippen molar-refractivity contribution in [3.8, 4) is 0 Å². The molecule has 0 heterocycles. The summed E-state index contributed by atoms with van der Waals surface area (Å²) in [7, 11) is 0. The number of hydrogen-bond acceptors (Lipinski definition) is 4. The molecular formula is C6H23NaO14. The van der Waals surface area contributed by atoms with Crippen molar-refractivity contribution in [1.29, 1.82) is 0 Å². The van der Waals surface area contributed by atoms with Crippen molar-refractivity contribution < 1.29 is 73.1 Å². The SMILES string of the molecule is O.O.O.O.O.O.O.O=C(O)CC(O)(CC(=O)O)C(=O)O.[NaH]. The van der Waals surface area contributed by atoms with Gasteiger partial charge in [0.2, 0.25) is 0 Å².